The van der Waals surface area contributed by atoms with Gasteiger partial charge < -0.3 is 4.42 Å². The fraction of sp³-hybridized carbons (Fsp3) is 0.458. The van der Waals surface area contributed by atoms with Crippen LogP contribution in [0.15, 0.2) is 34.7 Å². The van der Waals surface area contributed by atoms with Gasteiger partial charge in [0, 0.05) is 10.8 Å². The molecule has 1 nitrogen and oxygen atoms in total. The van der Waals surface area contributed by atoms with E-state index < -0.39 is 0 Å². The minimum atomic E-state index is -0.310. The van der Waals surface area contributed by atoms with Gasteiger partial charge in [0.25, 0.3) is 0 Å². The predicted molar refractivity (Wildman–Crippen MR) is 113 cm³/mol. The number of benzene rings is 2. The van der Waals surface area contributed by atoms with Crippen LogP contribution < -0.4 is 0 Å². The number of aryl methyl sites for hydroxylation is 1. The molecule has 3 aromatic rings. The minimum absolute atomic E-state index is 0.275. The van der Waals surface area contributed by atoms with Crippen LogP contribution in [0.4, 0.5) is 4.39 Å². The summed E-state index contributed by atoms with van der Waals surface area (Å²) in [5.41, 5.74) is 2.21. The molecule has 0 atom stereocenters. The van der Waals surface area contributed by atoms with E-state index in [1.165, 1.54) is 50.5 Å². The first-order valence-electron chi connectivity index (χ1n) is 10.2. The third-order valence-electron chi connectivity index (χ3n) is 6.32. The van der Waals surface area contributed by atoms with Crippen LogP contribution in [0.5, 0.6) is 0 Å². The molecule has 1 aliphatic carbocycles. The summed E-state index contributed by atoms with van der Waals surface area (Å²) >= 11 is 5.48. The van der Waals surface area contributed by atoms with Gasteiger partial charge in [0.2, 0.25) is 0 Å². The summed E-state index contributed by atoms with van der Waals surface area (Å²) in [6.07, 6.45) is 9.20. The second kappa shape index (κ2) is 7.71. The lowest BCUT2D eigenvalue weighted by Gasteiger charge is -2.29. The monoisotopic (exact) mass is 382 g/mol. The van der Waals surface area contributed by atoms with Gasteiger partial charge in [-0.25, -0.2) is 4.39 Å². The molecule has 0 bridgehead atoms. The van der Waals surface area contributed by atoms with Crippen molar-refractivity contribution in [2.24, 2.45) is 5.92 Å². The molecule has 1 aliphatic rings. The van der Waals surface area contributed by atoms with E-state index in [4.69, 9.17) is 16.6 Å². The molecule has 0 saturated heterocycles. The van der Waals surface area contributed by atoms with Gasteiger partial charge in [-0.2, -0.15) is 0 Å². The Hall–Kier alpha value is -1.74. The zero-order valence-electron chi connectivity index (χ0n) is 16.2. The SMILES string of the molecule is CCCCC1CCC(c2ccc3c(c2)c(=S)oc2c(F)c(C)ccc23)CC1. The highest BCUT2D eigenvalue weighted by Crippen LogP contribution is 2.39. The van der Waals surface area contributed by atoms with E-state index in [2.05, 4.69) is 25.1 Å². The summed E-state index contributed by atoms with van der Waals surface area (Å²) in [6.45, 7) is 4.02. The quantitative estimate of drug-likeness (QED) is 0.333. The third-order valence-corrected chi connectivity index (χ3v) is 6.63. The Labute approximate surface area is 165 Å². The highest BCUT2D eigenvalue weighted by molar-refractivity contribution is 7.71. The van der Waals surface area contributed by atoms with E-state index in [0.717, 1.165) is 22.1 Å². The normalized spacial score (nSPS) is 20.4. The second-order valence-electron chi connectivity index (χ2n) is 8.13. The number of rotatable bonds is 4. The molecule has 1 aromatic heterocycles. The van der Waals surface area contributed by atoms with Gasteiger partial charge in [-0.05, 0) is 79.2 Å². The summed E-state index contributed by atoms with van der Waals surface area (Å²) in [4.78, 5) is 0. The molecule has 0 radical (unpaired) electrons. The molecule has 1 heterocycles. The average Bonchev–Trinajstić information content (AvgIpc) is 2.70. The Morgan fingerprint density at radius 3 is 2.52 bits per heavy atom. The van der Waals surface area contributed by atoms with Crippen LogP contribution in [0.2, 0.25) is 0 Å². The summed E-state index contributed by atoms with van der Waals surface area (Å²) in [5, 5.41) is 2.73. The fourth-order valence-electron chi connectivity index (χ4n) is 4.61. The lowest BCUT2D eigenvalue weighted by Crippen LogP contribution is -2.13. The number of fused-ring (bicyclic) bond motifs is 3. The maximum absolute atomic E-state index is 14.5. The molecule has 142 valence electrons. The molecule has 0 N–H and O–H groups in total. The van der Waals surface area contributed by atoms with E-state index in [1.54, 1.807) is 13.0 Å². The molecule has 0 aliphatic heterocycles. The number of hydrogen-bond acceptors (Lipinski definition) is 2. The highest BCUT2D eigenvalue weighted by atomic mass is 32.1. The van der Waals surface area contributed by atoms with Crippen LogP contribution in [0.1, 0.15) is 68.9 Å². The minimum Gasteiger partial charge on any atom is -0.441 e. The van der Waals surface area contributed by atoms with Gasteiger partial charge in [0.1, 0.15) is 0 Å². The van der Waals surface area contributed by atoms with Crippen molar-refractivity contribution < 1.29 is 8.81 Å². The predicted octanol–water partition coefficient (Wildman–Crippen LogP) is 8.23. The third kappa shape index (κ3) is 3.54. The van der Waals surface area contributed by atoms with Crippen LogP contribution in [0, 0.1) is 23.4 Å². The first-order chi connectivity index (χ1) is 13.1. The molecular formula is C24H27FOS. The molecule has 0 unspecified atom stereocenters. The van der Waals surface area contributed by atoms with Crippen LogP contribution in [-0.2, 0) is 0 Å². The van der Waals surface area contributed by atoms with Gasteiger partial charge in [-0.3, -0.25) is 0 Å². The summed E-state index contributed by atoms with van der Waals surface area (Å²) in [6, 6.07) is 10.3. The van der Waals surface area contributed by atoms with Crippen molar-refractivity contribution in [1.29, 1.82) is 0 Å². The van der Waals surface area contributed by atoms with Gasteiger partial charge in [0.15, 0.2) is 16.1 Å². The average molecular weight is 383 g/mol. The Balaban J connectivity index is 1.67. The van der Waals surface area contributed by atoms with Crippen molar-refractivity contribution in [3.05, 3.63) is 52.0 Å². The molecule has 2 aromatic carbocycles. The topological polar surface area (TPSA) is 13.1 Å². The smallest absolute Gasteiger partial charge is 0.198 e. The first-order valence-corrected chi connectivity index (χ1v) is 10.6. The van der Waals surface area contributed by atoms with Crippen molar-refractivity contribution in [2.45, 2.75) is 64.7 Å². The maximum atomic E-state index is 14.5. The van der Waals surface area contributed by atoms with E-state index >= 15 is 0 Å². The van der Waals surface area contributed by atoms with Crippen molar-refractivity contribution >= 4 is 34.0 Å². The Morgan fingerprint density at radius 1 is 1.04 bits per heavy atom. The lowest BCUT2D eigenvalue weighted by molar-refractivity contribution is 0.304. The number of unbranched alkanes of at least 4 members (excludes halogenated alkanes) is 1. The van der Waals surface area contributed by atoms with Gasteiger partial charge in [-0.1, -0.05) is 50.5 Å². The van der Waals surface area contributed by atoms with Gasteiger partial charge in [0.05, 0.1) is 0 Å². The Kier molecular flexibility index (Phi) is 5.32. The van der Waals surface area contributed by atoms with Crippen LogP contribution in [0.25, 0.3) is 21.7 Å². The van der Waals surface area contributed by atoms with Crippen LogP contribution in [0.3, 0.4) is 0 Å². The lowest BCUT2D eigenvalue weighted by atomic mass is 9.77. The molecule has 27 heavy (non-hydrogen) atoms. The zero-order chi connectivity index (χ0) is 19.0. The van der Waals surface area contributed by atoms with E-state index in [-0.39, 0.29) is 11.4 Å². The van der Waals surface area contributed by atoms with E-state index in [0.29, 0.717) is 16.2 Å². The summed E-state index contributed by atoms with van der Waals surface area (Å²) < 4.78 is 20.6. The fourth-order valence-corrected chi connectivity index (χ4v) is 4.86. The van der Waals surface area contributed by atoms with Crippen molar-refractivity contribution in [3.8, 4) is 0 Å². The largest absolute Gasteiger partial charge is 0.441 e. The molecular weight excluding hydrogens is 355 g/mol. The van der Waals surface area contributed by atoms with Crippen LogP contribution in [-0.4, -0.2) is 0 Å². The van der Waals surface area contributed by atoms with Crippen molar-refractivity contribution in [1.82, 2.24) is 0 Å². The zero-order valence-corrected chi connectivity index (χ0v) is 17.0. The second-order valence-corrected chi connectivity index (χ2v) is 8.50. The highest BCUT2D eigenvalue weighted by Gasteiger charge is 2.22. The van der Waals surface area contributed by atoms with Crippen molar-refractivity contribution in [3.63, 3.8) is 0 Å². The summed E-state index contributed by atoms with van der Waals surface area (Å²) in [5.74, 6) is 1.20. The summed E-state index contributed by atoms with van der Waals surface area (Å²) in [7, 11) is 0. The Bertz CT molecular complexity index is 1030. The number of hydrogen-bond donors (Lipinski definition) is 0. The van der Waals surface area contributed by atoms with E-state index in [9.17, 15) is 4.39 Å². The Morgan fingerprint density at radius 2 is 1.78 bits per heavy atom. The molecule has 3 heteroatoms. The molecule has 1 fully saturated rings. The van der Waals surface area contributed by atoms with Gasteiger partial charge in [-0.15, -0.1) is 0 Å². The van der Waals surface area contributed by atoms with Gasteiger partial charge >= 0.3 is 0 Å². The molecule has 0 amide bonds. The molecule has 4 rings (SSSR count). The first kappa shape index (κ1) is 18.6. The number of halogens is 1. The molecule has 0 spiro atoms. The standard InChI is InChI=1S/C24H27FOS/c1-3-4-5-16-7-9-17(10-8-16)18-11-13-19-20-12-6-15(2)22(25)23(20)26-24(27)21(19)14-18/h6,11-14,16-17H,3-5,7-10H2,1-2H3. The van der Waals surface area contributed by atoms with E-state index in [1.807, 2.05) is 6.07 Å². The van der Waals surface area contributed by atoms with Crippen LogP contribution >= 0.6 is 12.2 Å². The maximum Gasteiger partial charge on any atom is 0.198 e. The molecule has 1 saturated carbocycles. The van der Waals surface area contributed by atoms with Crippen molar-refractivity contribution in [2.75, 3.05) is 0 Å².